The number of nitrogens with zero attached hydrogens (tertiary/aromatic N) is 4. The van der Waals surface area contributed by atoms with Gasteiger partial charge in [0.25, 0.3) is 0 Å². The SMILES string of the molecule is CCNC(=O)Nc1nc2c(-c3ncccn3)cc(-c3cncc(NC(=O)OCC)c3)cc2[nH]1. The molecule has 0 fully saturated rings. The molecule has 0 aliphatic rings. The van der Waals surface area contributed by atoms with Gasteiger partial charge in [0, 0.05) is 36.3 Å². The molecule has 3 amide bonds. The molecule has 0 aliphatic heterocycles. The molecule has 3 aromatic heterocycles. The first-order valence-corrected chi connectivity index (χ1v) is 10.3. The minimum atomic E-state index is -0.556. The van der Waals surface area contributed by atoms with Gasteiger partial charge in [0.1, 0.15) is 5.52 Å². The Labute approximate surface area is 189 Å². The number of amides is 3. The largest absolute Gasteiger partial charge is 0.450 e. The number of urea groups is 1. The molecule has 33 heavy (non-hydrogen) atoms. The fourth-order valence-electron chi connectivity index (χ4n) is 3.22. The van der Waals surface area contributed by atoms with Crippen molar-refractivity contribution in [2.24, 2.45) is 0 Å². The number of rotatable bonds is 6. The summed E-state index contributed by atoms with van der Waals surface area (Å²) in [6.45, 7) is 4.31. The zero-order valence-electron chi connectivity index (χ0n) is 18.0. The van der Waals surface area contributed by atoms with Crippen LogP contribution in [-0.4, -0.2) is 50.2 Å². The third kappa shape index (κ3) is 5.03. The number of ether oxygens (including phenoxy) is 1. The Balaban J connectivity index is 1.78. The zero-order chi connectivity index (χ0) is 23.2. The molecule has 0 bridgehead atoms. The van der Waals surface area contributed by atoms with Gasteiger partial charge in [-0.15, -0.1) is 0 Å². The third-order valence-corrected chi connectivity index (χ3v) is 4.56. The summed E-state index contributed by atoms with van der Waals surface area (Å²) in [5.41, 5.74) is 3.98. The van der Waals surface area contributed by atoms with Gasteiger partial charge in [0.2, 0.25) is 5.95 Å². The van der Waals surface area contributed by atoms with E-state index in [-0.39, 0.29) is 12.6 Å². The monoisotopic (exact) mass is 446 g/mol. The molecule has 4 rings (SSSR count). The van der Waals surface area contributed by atoms with Crippen LogP contribution in [-0.2, 0) is 4.74 Å². The Morgan fingerprint density at radius 3 is 2.61 bits per heavy atom. The number of fused-ring (bicyclic) bond motifs is 1. The first-order valence-electron chi connectivity index (χ1n) is 10.3. The highest BCUT2D eigenvalue weighted by Gasteiger charge is 2.16. The summed E-state index contributed by atoms with van der Waals surface area (Å²) >= 11 is 0. The second kappa shape index (κ2) is 9.73. The number of pyridine rings is 1. The Morgan fingerprint density at radius 1 is 1.03 bits per heavy atom. The predicted molar refractivity (Wildman–Crippen MR) is 124 cm³/mol. The maximum atomic E-state index is 11.9. The molecule has 1 aromatic carbocycles. The molecule has 0 atom stereocenters. The van der Waals surface area contributed by atoms with Crippen LogP contribution in [0.1, 0.15) is 13.8 Å². The number of anilines is 2. The number of benzene rings is 1. The maximum Gasteiger partial charge on any atom is 0.411 e. The van der Waals surface area contributed by atoms with E-state index in [0.29, 0.717) is 40.6 Å². The first kappa shape index (κ1) is 21.7. The van der Waals surface area contributed by atoms with E-state index < -0.39 is 6.09 Å². The van der Waals surface area contributed by atoms with E-state index in [4.69, 9.17) is 4.74 Å². The van der Waals surface area contributed by atoms with Gasteiger partial charge < -0.3 is 15.0 Å². The number of carbonyl (C=O) groups is 2. The predicted octanol–water partition coefficient (Wildman–Crippen LogP) is 3.79. The topological polar surface area (TPSA) is 147 Å². The van der Waals surface area contributed by atoms with Crippen molar-refractivity contribution in [3.63, 3.8) is 0 Å². The summed E-state index contributed by atoms with van der Waals surface area (Å²) in [4.78, 5) is 44.3. The first-order chi connectivity index (χ1) is 16.1. The van der Waals surface area contributed by atoms with Crippen molar-refractivity contribution in [3.8, 4) is 22.5 Å². The molecule has 0 saturated carbocycles. The summed E-state index contributed by atoms with van der Waals surface area (Å²) in [7, 11) is 0. The second-order valence-electron chi connectivity index (χ2n) is 6.87. The Bertz CT molecular complexity index is 1290. The molecule has 0 aliphatic carbocycles. The molecule has 0 unspecified atom stereocenters. The van der Waals surface area contributed by atoms with Crippen molar-refractivity contribution in [1.82, 2.24) is 30.2 Å². The normalized spacial score (nSPS) is 10.6. The molecule has 0 saturated heterocycles. The number of carbonyl (C=O) groups excluding carboxylic acids is 2. The van der Waals surface area contributed by atoms with E-state index in [0.717, 1.165) is 11.1 Å². The number of hydrogen-bond acceptors (Lipinski definition) is 7. The van der Waals surface area contributed by atoms with Gasteiger partial charge in [-0.25, -0.2) is 24.5 Å². The van der Waals surface area contributed by atoms with Gasteiger partial charge in [-0.2, -0.15) is 0 Å². The average Bonchev–Trinajstić information content (AvgIpc) is 3.21. The highest BCUT2D eigenvalue weighted by atomic mass is 16.5. The van der Waals surface area contributed by atoms with Crippen molar-refractivity contribution >= 4 is 34.8 Å². The summed E-state index contributed by atoms with van der Waals surface area (Å²) in [6.07, 6.45) is 5.95. The molecular formula is C22H22N8O3. The summed E-state index contributed by atoms with van der Waals surface area (Å²) in [6, 6.07) is 6.91. The van der Waals surface area contributed by atoms with Crippen molar-refractivity contribution in [3.05, 3.63) is 49.1 Å². The van der Waals surface area contributed by atoms with Gasteiger partial charge in [0.05, 0.1) is 24.0 Å². The van der Waals surface area contributed by atoms with Gasteiger partial charge >= 0.3 is 12.1 Å². The lowest BCUT2D eigenvalue weighted by molar-refractivity contribution is 0.168. The molecule has 4 N–H and O–H groups in total. The van der Waals surface area contributed by atoms with Crippen LogP contribution in [0.15, 0.2) is 49.1 Å². The highest BCUT2D eigenvalue weighted by Crippen LogP contribution is 2.32. The van der Waals surface area contributed by atoms with Gasteiger partial charge in [-0.3, -0.25) is 15.6 Å². The summed E-state index contributed by atoms with van der Waals surface area (Å²) in [5, 5.41) is 8.00. The van der Waals surface area contributed by atoms with Crippen LogP contribution in [0.5, 0.6) is 0 Å². The fourth-order valence-corrected chi connectivity index (χ4v) is 3.22. The van der Waals surface area contributed by atoms with Crippen LogP contribution in [0.3, 0.4) is 0 Å². The quantitative estimate of drug-likeness (QED) is 0.352. The molecule has 11 nitrogen and oxygen atoms in total. The lowest BCUT2D eigenvalue weighted by atomic mass is 10.0. The zero-order valence-corrected chi connectivity index (χ0v) is 18.0. The van der Waals surface area contributed by atoms with Crippen LogP contribution >= 0.6 is 0 Å². The standard InChI is InChI=1S/C22H22N8O3/c1-3-24-21(31)30-20-28-17-10-13(9-16(18(17)29-20)19-25-6-5-7-26-19)14-8-15(12-23-11-14)27-22(32)33-4-2/h5-12H,3-4H2,1-2H3,(H,27,32)(H3,24,28,29,30,31). The Kier molecular flexibility index (Phi) is 6.39. The fraction of sp³-hybridized carbons (Fsp3) is 0.182. The van der Waals surface area contributed by atoms with E-state index >= 15 is 0 Å². The molecule has 0 radical (unpaired) electrons. The molecule has 168 valence electrons. The maximum absolute atomic E-state index is 11.9. The van der Waals surface area contributed by atoms with Crippen LogP contribution in [0.25, 0.3) is 33.5 Å². The number of aromatic amines is 1. The van der Waals surface area contributed by atoms with Crippen LogP contribution in [0.2, 0.25) is 0 Å². The van der Waals surface area contributed by atoms with Crippen molar-refractivity contribution in [1.29, 1.82) is 0 Å². The van der Waals surface area contributed by atoms with E-state index in [1.807, 2.05) is 19.1 Å². The van der Waals surface area contributed by atoms with Gasteiger partial charge in [-0.05, 0) is 43.7 Å². The molecule has 4 aromatic rings. The van der Waals surface area contributed by atoms with Crippen molar-refractivity contribution in [2.75, 3.05) is 23.8 Å². The van der Waals surface area contributed by atoms with E-state index in [1.165, 1.54) is 6.20 Å². The van der Waals surface area contributed by atoms with Gasteiger partial charge in [0.15, 0.2) is 5.82 Å². The number of imidazole rings is 1. The van der Waals surface area contributed by atoms with Crippen molar-refractivity contribution < 1.29 is 14.3 Å². The lowest BCUT2D eigenvalue weighted by Crippen LogP contribution is -2.28. The number of nitrogens with one attached hydrogen (secondary N) is 4. The minimum absolute atomic E-state index is 0.266. The van der Waals surface area contributed by atoms with E-state index in [2.05, 4.69) is 40.9 Å². The van der Waals surface area contributed by atoms with E-state index in [1.54, 1.807) is 37.6 Å². The highest BCUT2D eigenvalue weighted by molar-refractivity contribution is 5.97. The van der Waals surface area contributed by atoms with Gasteiger partial charge in [-0.1, -0.05) is 0 Å². The molecule has 3 heterocycles. The summed E-state index contributed by atoms with van der Waals surface area (Å²) in [5.74, 6) is 0.773. The molecule has 11 heteroatoms. The van der Waals surface area contributed by atoms with Crippen LogP contribution in [0, 0.1) is 0 Å². The molecule has 0 spiro atoms. The average molecular weight is 446 g/mol. The number of hydrogen-bond donors (Lipinski definition) is 4. The third-order valence-electron chi connectivity index (χ3n) is 4.56. The van der Waals surface area contributed by atoms with Crippen LogP contribution < -0.4 is 16.0 Å². The second-order valence-corrected chi connectivity index (χ2v) is 6.87. The smallest absolute Gasteiger partial charge is 0.411 e. The minimum Gasteiger partial charge on any atom is -0.450 e. The Hall–Kier alpha value is -4.54. The van der Waals surface area contributed by atoms with Crippen molar-refractivity contribution in [2.45, 2.75) is 13.8 Å². The number of H-pyrrole nitrogens is 1. The lowest BCUT2D eigenvalue weighted by Gasteiger charge is -2.09. The number of aromatic nitrogens is 5. The summed E-state index contributed by atoms with van der Waals surface area (Å²) < 4.78 is 4.93. The Morgan fingerprint density at radius 2 is 1.85 bits per heavy atom. The van der Waals surface area contributed by atoms with Crippen LogP contribution in [0.4, 0.5) is 21.2 Å². The molecular weight excluding hydrogens is 424 g/mol. The van der Waals surface area contributed by atoms with E-state index in [9.17, 15) is 9.59 Å².